The third kappa shape index (κ3) is 0.615. The average molecular weight is 160 g/mol. The number of nitrogens with two attached hydrogens (primary N) is 1. The summed E-state index contributed by atoms with van der Waals surface area (Å²) in [6.45, 7) is 0. The van der Waals surface area contributed by atoms with Crippen molar-refractivity contribution >= 4 is 5.91 Å². The maximum atomic E-state index is 10.8. The molecule has 5 heteroatoms. The first-order chi connectivity index (χ1) is 5.65. The standard InChI is InChI=1S/C7H4N4O/c8-1-4-5(2-9)7(4,3-10)6(11)12/h4-5H,(H2,11,12)/t4-,5+,7?. The summed E-state index contributed by atoms with van der Waals surface area (Å²) in [5, 5.41) is 25.5. The van der Waals surface area contributed by atoms with Crippen molar-refractivity contribution in [3.8, 4) is 18.2 Å². The van der Waals surface area contributed by atoms with E-state index in [1.807, 2.05) is 0 Å². The SMILES string of the molecule is N#C[C@@H]1[C@H](C#N)C1(C#N)C(N)=O. The fourth-order valence-corrected chi connectivity index (χ4v) is 1.24. The van der Waals surface area contributed by atoms with E-state index in [4.69, 9.17) is 21.5 Å². The molecule has 1 aliphatic carbocycles. The number of hydrogen-bond donors (Lipinski definition) is 1. The maximum Gasteiger partial charge on any atom is 0.240 e. The third-order valence-corrected chi connectivity index (χ3v) is 2.08. The fourth-order valence-electron chi connectivity index (χ4n) is 1.24. The molecule has 0 aromatic carbocycles. The molecule has 1 saturated carbocycles. The quantitative estimate of drug-likeness (QED) is 0.544. The summed E-state index contributed by atoms with van der Waals surface area (Å²) in [4.78, 5) is 10.8. The van der Waals surface area contributed by atoms with Gasteiger partial charge < -0.3 is 5.73 Å². The predicted octanol–water partition coefficient (Wildman–Crippen LogP) is -0.725. The van der Waals surface area contributed by atoms with Crippen LogP contribution in [0.5, 0.6) is 0 Å². The minimum absolute atomic E-state index is 0.856. The van der Waals surface area contributed by atoms with E-state index in [0.29, 0.717) is 0 Å². The Morgan fingerprint density at radius 3 is 1.75 bits per heavy atom. The Bertz CT molecular complexity index is 333. The van der Waals surface area contributed by atoms with E-state index in [1.54, 1.807) is 18.2 Å². The Hall–Kier alpha value is -2.06. The van der Waals surface area contributed by atoms with Crippen molar-refractivity contribution < 1.29 is 4.79 Å². The summed E-state index contributed by atoms with van der Waals surface area (Å²) in [7, 11) is 0. The number of nitrogens with zero attached hydrogens (tertiary/aromatic N) is 3. The first-order valence-electron chi connectivity index (χ1n) is 3.15. The van der Waals surface area contributed by atoms with Crippen molar-refractivity contribution in [2.75, 3.05) is 0 Å². The van der Waals surface area contributed by atoms with Gasteiger partial charge in [-0.15, -0.1) is 0 Å². The van der Waals surface area contributed by atoms with E-state index >= 15 is 0 Å². The predicted molar refractivity (Wildman–Crippen MR) is 35.4 cm³/mol. The zero-order valence-electron chi connectivity index (χ0n) is 5.98. The number of hydrogen-bond acceptors (Lipinski definition) is 4. The van der Waals surface area contributed by atoms with Crippen LogP contribution in [-0.2, 0) is 4.79 Å². The summed E-state index contributed by atoms with van der Waals surface area (Å²) in [6.07, 6.45) is 0. The molecule has 5 nitrogen and oxygen atoms in total. The number of carbonyl (C=O) groups excluding carboxylic acids is 1. The van der Waals surface area contributed by atoms with Crippen LogP contribution < -0.4 is 5.73 Å². The fraction of sp³-hybridized carbons (Fsp3) is 0.429. The zero-order chi connectivity index (χ0) is 9.35. The van der Waals surface area contributed by atoms with Gasteiger partial charge in [0.05, 0.1) is 30.0 Å². The molecule has 58 valence electrons. The number of amides is 1. The summed E-state index contributed by atoms with van der Waals surface area (Å²) < 4.78 is 0. The Kier molecular flexibility index (Phi) is 1.49. The second-order valence-electron chi connectivity index (χ2n) is 2.56. The van der Waals surface area contributed by atoms with Crippen LogP contribution in [0, 0.1) is 51.2 Å². The van der Waals surface area contributed by atoms with E-state index in [1.165, 1.54) is 0 Å². The molecule has 0 radical (unpaired) electrons. The van der Waals surface area contributed by atoms with Gasteiger partial charge in [-0.3, -0.25) is 4.79 Å². The van der Waals surface area contributed by atoms with Gasteiger partial charge in [0.15, 0.2) is 5.41 Å². The van der Waals surface area contributed by atoms with Gasteiger partial charge in [-0.05, 0) is 0 Å². The molecule has 2 N–H and O–H groups in total. The molecular formula is C7H4N4O. The largest absolute Gasteiger partial charge is 0.368 e. The van der Waals surface area contributed by atoms with Crippen molar-refractivity contribution in [2.45, 2.75) is 0 Å². The summed E-state index contributed by atoms with van der Waals surface area (Å²) >= 11 is 0. The van der Waals surface area contributed by atoms with Gasteiger partial charge in [0.1, 0.15) is 0 Å². The second kappa shape index (κ2) is 2.22. The molecule has 1 fully saturated rings. The molecule has 3 atom stereocenters. The van der Waals surface area contributed by atoms with Crippen LogP contribution in [0.2, 0.25) is 0 Å². The normalized spacial score (nSPS) is 37.1. The van der Waals surface area contributed by atoms with Crippen LogP contribution in [0.25, 0.3) is 0 Å². The molecule has 0 aliphatic heterocycles. The highest BCUT2D eigenvalue weighted by Gasteiger charge is 2.71. The topological polar surface area (TPSA) is 114 Å². The minimum Gasteiger partial charge on any atom is -0.368 e. The molecule has 0 spiro atoms. The number of carbonyl (C=O) groups is 1. The number of primary amides is 1. The van der Waals surface area contributed by atoms with Gasteiger partial charge in [0.25, 0.3) is 0 Å². The van der Waals surface area contributed by atoms with Gasteiger partial charge in [0, 0.05) is 0 Å². The van der Waals surface area contributed by atoms with E-state index in [-0.39, 0.29) is 0 Å². The van der Waals surface area contributed by atoms with Gasteiger partial charge in [-0.25, -0.2) is 0 Å². The molecule has 0 heterocycles. The molecule has 1 aliphatic rings. The van der Waals surface area contributed by atoms with Crippen LogP contribution >= 0.6 is 0 Å². The number of rotatable bonds is 1. The lowest BCUT2D eigenvalue weighted by atomic mass is 10.0. The van der Waals surface area contributed by atoms with Gasteiger partial charge in [0.2, 0.25) is 5.91 Å². The Morgan fingerprint density at radius 2 is 1.67 bits per heavy atom. The lowest BCUT2D eigenvalue weighted by Gasteiger charge is -1.96. The maximum absolute atomic E-state index is 10.8. The highest BCUT2D eigenvalue weighted by Crippen LogP contribution is 2.57. The third-order valence-electron chi connectivity index (χ3n) is 2.08. The van der Waals surface area contributed by atoms with Crippen LogP contribution in [0.1, 0.15) is 0 Å². The molecule has 1 unspecified atom stereocenters. The van der Waals surface area contributed by atoms with E-state index in [9.17, 15) is 4.79 Å². The smallest absolute Gasteiger partial charge is 0.240 e. The van der Waals surface area contributed by atoms with Crippen molar-refractivity contribution in [3.63, 3.8) is 0 Å². The first kappa shape index (κ1) is 8.04. The molecule has 0 aromatic rings. The number of nitriles is 3. The van der Waals surface area contributed by atoms with Crippen LogP contribution in [0.15, 0.2) is 0 Å². The lowest BCUT2D eigenvalue weighted by Crippen LogP contribution is -2.26. The monoisotopic (exact) mass is 160 g/mol. The van der Waals surface area contributed by atoms with Gasteiger partial charge in [-0.1, -0.05) is 0 Å². The van der Waals surface area contributed by atoms with E-state index in [2.05, 4.69) is 0 Å². The van der Waals surface area contributed by atoms with Crippen molar-refractivity contribution in [2.24, 2.45) is 23.0 Å². The Labute approximate surface area is 68.6 Å². The molecule has 1 rings (SSSR count). The molecular weight excluding hydrogens is 156 g/mol. The molecule has 0 bridgehead atoms. The van der Waals surface area contributed by atoms with Crippen LogP contribution in [0.4, 0.5) is 0 Å². The lowest BCUT2D eigenvalue weighted by molar-refractivity contribution is -0.121. The van der Waals surface area contributed by atoms with E-state index in [0.717, 1.165) is 0 Å². The van der Waals surface area contributed by atoms with Crippen molar-refractivity contribution in [3.05, 3.63) is 0 Å². The van der Waals surface area contributed by atoms with Crippen LogP contribution in [0.3, 0.4) is 0 Å². The van der Waals surface area contributed by atoms with Crippen molar-refractivity contribution in [1.82, 2.24) is 0 Å². The van der Waals surface area contributed by atoms with Crippen LogP contribution in [-0.4, -0.2) is 5.91 Å². The van der Waals surface area contributed by atoms with Gasteiger partial charge >= 0.3 is 0 Å². The Balaban J connectivity index is 3.07. The van der Waals surface area contributed by atoms with E-state index < -0.39 is 23.2 Å². The second-order valence-corrected chi connectivity index (χ2v) is 2.56. The molecule has 0 saturated heterocycles. The summed E-state index contributed by atoms with van der Waals surface area (Å²) in [6, 6.07) is 5.07. The minimum atomic E-state index is -1.55. The average Bonchev–Trinajstić information content (AvgIpc) is 2.72. The van der Waals surface area contributed by atoms with Gasteiger partial charge in [-0.2, -0.15) is 15.8 Å². The highest BCUT2D eigenvalue weighted by molar-refractivity contribution is 5.89. The summed E-state index contributed by atoms with van der Waals surface area (Å²) in [5.74, 6) is -2.60. The molecule has 12 heavy (non-hydrogen) atoms. The van der Waals surface area contributed by atoms with Crippen molar-refractivity contribution in [1.29, 1.82) is 15.8 Å². The molecule has 0 aromatic heterocycles. The highest BCUT2D eigenvalue weighted by atomic mass is 16.1. The Morgan fingerprint density at radius 1 is 1.25 bits per heavy atom. The first-order valence-corrected chi connectivity index (χ1v) is 3.15. The summed E-state index contributed by atoms with van der Waals surface area (Å²) in [5.41, 5.74) is 3.36. The zero-order valence-corrected chi connectivity index (χ0v) is 5.98. The molecule has 1 amide bonds.